The first-order chi connectivity index (χ1) is 6.07. The summed E-state index contributed by atoms with van der Waals surface area (Å²) in [7, 11) is 0. The number of hydrogen-bond donors (Lipinski definition) is 1. The monoisotopic (exact) mass is 175 g/mol. The highest BCUT2D eigenvalue weighted by molar-refractivity contribution is 5.77. The molecule has 0 amide bonds. The molecule has 0 aliphatic carbocycles. The van der Waals surface area contributed by atoms with Crippen LogP contribution in [0.4, 0.5) is 0 Å². The summed E-state index contributed by atoms with van der Waals surface area (Å²) in [5, 5.41) is 1.11. The summed E-state index contributed by atoms with van der Waals surface area (Å²) < 4.78 is 5.61. The second kappa shape index (κ2) is 2.60. The van der Waals surface area contributed by atoms with Crippen molar-refractivity contribution in [3.63, 3.8) is 0 Å². The smallest absolute Gasteiger partial charge is 0.134 e. The van der Waals surface area contributed by atoms with Crippen LogP contribution in [-0.2, 0) is 5.54 Å². The summed E-state index contributed by atoms with van der Waals surface area (Å²) in [4.78, 5) is 0. The standard InChI is InChI=1S/C11H13NO/c1-11(2,12)10-7-8-5-3-4-6-9(8)13-10/h3-7H,12H2,1-2H3. The Morgan fingerprint density at radius 3 is 2.54 bits per heavy atom. The molecule has 0 radical (unpaired) electrons. The second-order valence-corrected chi connectivity index (χ2v) is 3.87. The Labute approximate surface area is 77.3 Å². The summed E-state index contributed by atoms with van der Waals surface area (Å²) in [5.41, 5.74) is 6.42. The minimum absolute atomic E-state index is 0.404. The zero-order valence-electron chi connectivity index (χ0n) is 7.87. The van der Waals surface area contributed by atoms with Gasteiger partial charge in [-0.1, -0.05) is 18.2 Å². The molecule has 1 aromatic heterocycles. The Morgan fingerprint density at radius 2 is 1.92 bits per heavy atom. The van der Waals surface area contributed by atoms with Gasteiger partial charge in [-0.25, -0.2) is 0 Å². The molecule has 0 fully saturated rings. The molecule has 2 rings (SSSR count). The SMILES string of the molecule is CC(C)(N)c1cc2ccccc2o1. The van der Waals surface area contributed by atoms with Crippen LogP contribution in [0.25, 0.3) is 11.0 Å². The fraction of sp³-hybridized carbons (Fsp3) is 0.273. The van der Waals surface area contributed by atoms with Crippen molar-refractivity contribution in [3.05, 3.63) is 36.1 Å². The van der Waals surface area contributed by atoms with Crippen molar-refractivity contribution >= 4 is 11.0 Å². The van der Waals surface area contributed by atoms with E-state index in [0.717, 1.165) is 16.7 Å². The van der Waals surface area contributed by atoms with E-state index in [1.54, 1.807) is 0 Å². The van der Waals surface area contributed by atoms with Crippen molar-refractivity contribution in [2.75, 3.05) is 0 Å². The largest absolute Gasteiger partial charge is 0.459 e. The van der Waals surface area contributed by atoms with Crippen LogP contribution in [-0.4, -0.2) is 0 Å². The molecule has 0 bridgehead atoms. The molecule has 0 aliphatic heterocycles. The molecule has 0 atom stereocenters. The van der Waals surface area contributed by atoms with E-state index in [9.17, 15) is 0 Å². The van der Waals surface area contributed by atoms with E-state index >= 15 is 0 Å². The minimum atomic E-state index is -0.404. The molecular formula is C11H13NO. The first-order valence-electron chi connectivity index (χ1n) is 4.35. The molecular weight excluding hydrogens is 162 g/mol. The molecule has 13 heavy (non-hydrogen) atoms. The van der Waals surface area contributed by atoms with Crippen LogP contribution in [0.2, 0.25) is 0 Å². The molecule has 1 heterocycles. The molecule has 0 unspecified atom stereocenters. The quantitative estimate of drug-likeness (QED) is 0.723. The molecule has 0 spiro atoms. The average Bonchev–Trinajstić information content (AvgIpc) is 2.45. The van der Waals surface area contributed by atoms with Gasteiger partial charge in [0.15, 0.2) is 0 Å². The Bertz CT molecular complexity index is 390. The molecule has 0 saturated carbocycles. The lowest BCUT2D eigenvalue weighted by Crippen LogP contribution is -2.27. The fourth-order valence-corrected chi connectivity index (χ4v) is 1.30. The Kier molecular flexibility index (Phi) is 1.67. The molecule has 2 heteroatoms. The summed E-state index contributed by atoms with van der Waals surface area (Å²) in [6.45, 7) is 3.87. The number of furan rings is 1. The Hall–Kier alpha value is -1.28. The maximum Gasteiger partial charge on any atom is 0.134 e. The summed E-state index contributed by atoms with van der Waals surface area (Å²) in [6, 6.07) is 9.91. The van der Waals surface area contributed by atoms with Gasteiger partial charge in [-0.15, -0.1) is 0 Å². The predicted octanol–water partition coefficient (Wildman–Crippen LogP) is 2.63. The van der Waals surface area contributed by atoms with Gasteiger partial charge in [-0.3, -0.25) is 0 Å². The minimum Gasteiger partial charge on any atom is -0.459 e. The molecule has 0 aliphatic rings. The van der Waals surface area contributed by atoms with Crippen LogP contribution >= 0.6 is 0 Å². The molecule has 2 N–H and O–H groups in total. The van der Waals surface area contributed by atoms with Gasteiger partial charge >= 0.3 is 0 Å². The fourth-order valence-electron chi connectivity index (χ4n) is 1.30. The van der Waals surface area contributed by atoms with Gasteiger partial charge < -0.3 is 10.2 Å². The van der Waals surface area contributed by atoms with Gasteiger partial charge in [0.1, 0.15) is 11.3 Å². The van der Waals surface area contributed by atoms with Crippen LogP contribution in [0.15, 0.2) is 34.7 Å². The maximum absolute atomic E-state index is 5.93. The van der Waals surface area contributed by atoms with Crippen molar-refractivity contribution in [3.8, 4) is 0 Å². The van der Waals surface area contributed by atoms with Gasteiger partial charge in [0.05, 0.1) is 5.54 Å². The normalized spacial score (nSPS) is 12.2. The second-order valence-electron chi connectivity index (χ2n) is 3.87. The van der Waals surface area contributed by atoms with Gasteiger partial charge in [-0.05, 0) is 26.0 Å². The molecule has 0 saturated heterocycles. The lowest BCUT2D eigenvalue weighted by atomic mass is 10.0. The van der Waals surface area contributed by atoms with Crippen LogP contribution < -0.4 is 5.73 Å². The van der Waals surface area contributed by atoms with Gasteiger partial charge in [0.2, 0.25) is 0 Å². The van der Waals surface area contributed by atoms with E-state index in [1.807, 2.05) is 44.2 Å². The molecule has 68 valence electrons. The van der Waals surface area contributed by atoms with Crippen LogP contribution in [0.3, 0.4) is 0 Å². The number of benzene rings is 1. The summed E-state index contributed by atoms with van der Waals surface area (Å²) in [5.74, 6) is 0.828. The van der Waals surface area contributed by atoms with E-state index in [0.29, 0.717) is 0 Å². The van der Waals surface area contributed by atoms with Gasteiger partial charge in [0, 0.05) is 5.39 Å². The van der Waals surface area contributed by atoms with E-state index in [2.05, 4.69) is 0 Å². The first-order valence-corrected chi connectivity index (χ1v) is 4.35. The Morgan fingerprint density at radius 1 is 1.23 bits per heavy atom. The number of nitrogens with two attached hydrogens (primary N) is 1. The lowest BCUT2D eigenvalue weighted by molar-refractivity contribution is 0.413. The van der Waals surface area contributed by atoms with E-state index in [4.69, 9.17) is 10.2 Å². The average molecular weight is 175 g/mol. The van der Waals surface area contributed by atoms with E-state index in [1.165, 1.54) is 0 Å². The topological polar surface area (TPSA) is 39.2 Å². The third-order valence-electron chi connectivity index (χ3n) is 2.06. The summed E-state index contributed by atoms with van der Waals surface area (Å²) in [6.07, 6.45) is 0. The lowest BCUT2D eigenvalue weighted by Gasteiger charge is -2.13. The van der Waals surface area contributed by atoms with Crippen molar-refractivity contribution in [1.82, 2.24) is 0 Å². The third kappa shape index (κ3) is 1.45. The zero-order valence-corrected chi connectivity index (χ0v) is 7.87. The van der Waals surface area contributed by atoms with Crippen LogP contribution in [0, 0.1) is 0 Å². The highest BCUT2D eigenvalue weighted by atomic mass is 16.3. The van der Waals surface area contributed by atoms with Crippen molar-refractivity contribution in [2.45, 2.75) is 19.4 Å². The van der Waals surface area contributed by atoms with Crippen molar-refractivity contribution in [1.29, 1.82) is 0 Å². The molecule has 2 aromatic rings. The van der Waals surface area contributed by atoms with Gasteiger partial charge in [-0.2, -0.15) is 0 Å². The third-order valence-corrected chi connectivity index (χ3v) is 2.06. The van der Waals surface area contributed by atoms with E-state index < -0.39 is 5.54 Å². The van der Waals surface area contributed by atoms with Crippen molar-refractivity contribution in [2.24, 2.45) is 5.73 Å². The number of hydrogen-bond acceptors (Lipinski definition) is 2. The molecule has 2 nitrogen and oxygen atoms in total. The molecule has 1 aromatic carbocycles. The summed E-state index contributed by atoms with van der Waals surface area (Å²) >= 11 is 0. The maximum atomic E-state index is 5.93. The predicted molar refractivity (Wildman–Crippen MR) is 53.4 cm³/mol. The number of fused-ring (bicyclic) bond motifs is 1. The van der Waals surface area contributed by atoms with E-state index in [-0.39, 0.29) is 0 Å². The number of para-hydroxylation sites is 1. The van der Waals surface area contributed by atoms with Crippen LogP contribution in [0.5, 0.6) is 0 Å². The van der Waals surface area contributed by atoms with Crippen molar-refractivity contribution < 1.29 is 4.42 Å². The highest BCUT2D eigenvalue weighted by Gasteiger charge is 2.18. The Balaban J connectivity index is 2.63. The highest BCUT2D eigenvalue weighted by Crippen LogP contribution is 2.25. The van der Waals surface area contributed by atoms with Gasteiger partial charge in [0.25, 0.3) is 0 Å². The zero-order chi connectivity index (χ0) is 9.47. The number of rotatable bonds is 1. The first kappa shape index (κ1) is 8.32. The van der Waals surface area contributed by atoms with Crippen LogP contribution in [0.1, 0.15) is 19.6 Å².